The number of hydrogen-bond acceptors (Lipinski definition) is 3. The van der Waals surface area contributed by atoms with Crippen molar-refractivity contribution in [3.05, 3.63) is 34.1 Å². The van der Waals surface area contributed by atoms with Crippen molar-refractivity contribution in [2.75, 3.05) is 13.2 Å². The van der Waals surface area contributed by atoms with E-state index < -0.39 is 0 Å². The Morgan fingerprint density at radius 1 is 1.41 bits per heavy atom. The van der Waals surface area contributed by atoms with Crippen LogP contribution in [-0.2, 0) is 14.3 Å². The van der Waals surface area contributed by atoms with E-state index in [2.05, 4.69) is 6.92 Å². The van der Waals surface area contributed by atoms with Gasteiger partial charge in [-0.05, 0) is 38.0 Å². The van der Waals surface area contributed by atoms with Crippen molar-refractivity contribution in [1.29, 1.82) is 0 Å². The Morgan fingerprint density at radius 3 is 2.71 bits per heavy atom. The zero-order valence-corrected chi connectivity index (χ0v) is 10.8. The van der Waals surface area contributed by atoms with Gasteiger partial charge < -0.3 is 9.47 Å². The van der Waals surface area contributed by atoms with E-state index in [9.17, 15) is 4.79 Å². The minimum atomic E-state index is -0.273. The van der Waals surface area contributed by atoms with E-state index in [1.807, 2.05) is 19.9 Å². The third-order valence-electron chi connectivity index (χ3n) is 3.21. The van der Waals surface area contributed by atoms with Gasteiger partial charge in [-0.3, -0.25) is 4.79 Å². The van der Waals surface area contributed by atoms with Crippen molar-refractivity contribution < 1.29 is 14.3 Å². The molecule has 0 amide bonds. The standard InChI is InChI=1S/C14H18O3/c1-8(2)14-9(3)12-7-16-6-11(12)5-13(14)17-10(4)15/h5,11H,6-7H2,1-4H3. The first-order valence-electron chi connectivity index (χ1n) is 5.86. The van der Waals surface area contributed by atoms with Crippen LogP contribution in [0.3, 0.4) is 0 Å². The fourth-order valence-electron chi connectivity index (χ4n) is 2.51. The fraction of sp³-hybridized carbons (Fsp3) is 0.500. The molecule has 0 N–H and O–H groups in total. The van der Waals surface area contributed by atoms with Gasteiger partial charge in [-0.1, -0.05) is 5.57 Å². The van der Waals surface area contributed by atoms with Crippen LogP contribution in [-0.4, -0.2) is 19.2 Å². The van der Waals surface area contributed by atoms with Crippen molar-refractivity contribution >= 4 is 5.97 Å². The zero-order chi connectivity index (χ0) is 12.6. The van der Waals surface area contributed by atoms with E-state index in [0.29, 0.717) is 19.0 Å². The van der Waals surface area contributed by atoms with Crippen molar-refractivity contribution in [2.45, 2.75) is 27.7 Å². The van der Waals surface area contributed by atoms with Crippen LogP contribution in [0.5, 0.6) is 0 Å². The highest BCUT2D eigenvalue weighted by Crippen LogP contribution is 2.38. The average Bonchev–Trinajstić information content (AvgIpc) is 2.64. The summed E-state index contributed by atoms with van der Waals surface area (Å²) in [5.74, 6) is 0.687. The lowest BCUT2D eigenvalue weighted by atomic mass is 9.85. The Hall–Kier alpha value is -1.35. The lowest BCUT2D eigenvalue weighted by Gasteiger charge is -2.23. The number of ether oxygens (including phenoxy) is 2. The van der Waals surface area contributed by atoms with Gasteiger partial charge in [0.05, 0.1) is 13.2 Å². The number of fused-ring (bicyclic) bond motifs is 1. The molecule has 1 aliphatic heterocycles. The Kier molecular flexibility index (Phi) is 3.20. The van der Waals surface area contributed by atoms with Gasteiger partial charge in [-0.25, -0.2) is 0 Å². The van der Waals surface area contributed by atoms with Crippen LogP contribution in [0.1, 0.15) is 27.7 Å². The zero-order valence-electron chi connectivity index (χ0n) is 10.8. The van der Waals surface area contributed by atoms with Crippen molar-refractivity contribution in [2.24, 2.45) is 5.92 Å². The summed E-state index contributed by atoms with van der Waals surface area (Å²) in [7, 11) is 0. The van der Waals surface area contributed by atoms with E-state index in [1.165, 1.54) is 18.1 Å². The van der Waals surface area contributed by atoms with Crippen molar-refractivity contribution in [3.63, 3.8) is 0 Å². The third-order valence-corrected chi connectivity index (χ3v) is 3.21. The predicted octanol–water partition coefficient (Wildman–Crippen LogP) is 2.75. The summed E-state index contributed by atoms with van der Waals surface area (Å²) >= 11 is 0. The van der Waals surface area contributed by atoms with Gasteiger partial charge in [0.2, 0.25) is 0 Å². The number of hydrogen-bond donors (Lipinski definition) is 0. The Labute approximate surface area is 102 Å². The number of rotatable bonds is 1. The topological polar surface area (TPSA) is 35.5 Å². The molecule has 0 aromatic heterocycles. The molecule has 0 aromatic rings. The van der Waals surface area contributed by atoms with Crippen LogP contribution >= 0.6 is 0 Å². The maximum Gasteiger partial charge on any atom is 0.308 e. The summed E-state index contributed by atoms with van der Waals surface area (Å²) < 4.78 is 10.8. The third kappa shape index (κ3) is 2.20. The molecule has 1 fully saturated rings. The van der Waals surface area contributed by atoms with E-state index in [0.717, 1.165) is 11.1 Å². The van der Waals surface area contributed by atoms with Crippen molar-refractivity contribution in [1.82, 2.24) is 0 Å². The Bertz CT molecular complexity index is 448. The predicted molar refractivity (Wildman–Crippen MR) is 65.2 cm³/mol. The van der Waals surface area contributed by atoms with Gasteiger partial charge >= 0.3 is 5.97 Å². The lowest BCUT2D eigenvalue weighted by molar-refractivity contribution is -0.136. The summed E-state index contributed by atoms with van der Waals surface area (Å²) in [6.45, 7) is 8.96. The second-order valence-electron chi connectivity index (χ2n) is 4.77. The summed E-state index contributed by atoms with van der Waals surface area (Å²) in [6.07, 6.45) is 2.01. The number of esters is 1. The van der Waals surface area contributed by atoms with Gasteiger partial charge in [0.15, 0.2) is 0 Å². The molecule has 92 valence electrons. The Balaban J connectivity index is 2.45. The van der Waals surface area contributed by atoms with E-state index in [1.54, 1.807) is 0 Å². The van der Waals surface area contributed by atoms with Crippen LogP contribution in [0.2, 0.25) is 0 Å². The normalized spacial score (nSPS) is 23.4. The quantitative estimate of drug-likeness (QED) is 0.654. The molecule has 1 saturated heterocycles. The molecule has 17 heavy (non-hydrogen) atoms. The summed E-state index contributed by atoms with van der Waals surface area (Å²) in [5, 5.41) is 0. The van der Waals surface area contributed by atoms with Gasteiger partial charge in [0.1, 0.15) is 5.76 Å². The highest BCUT2D eigenvalue weighted by molar-refractivity contribution is 5.69. The van der Waals surface area contributed by atoms with Gasteiger partial charge in [-0.2, -0.15) is 0 Å². The molecular formula is C14H18O3. The lowest BCUT2D eigenvalue weighted by Crippen LogP contribution is -2.14. The van der Waals surface area contributed by atoms with Crippen LogP contribution in [0, 0.1) is 5.92 Å². The van der Waals surface area contributed by atoms with Crippen molar-refractivity contribution in [3.8, 4) is 0 Å². The molecule has 1 unspecified atom stereocenters. The van der Waals surface area contributed by atoms with E-state index in [-0.39, 0.29) is 11.9 Å². The number of carbonyl (C=O) groups excluding carboxylic acids is 1. The van der Waals surface area contributed by atoms with Crippen LogP contribution in [0.4, 0.5) is 0 Å². The molecule has 1 heterocycles. The first-order chi connectivity index (χ1) is 8.00. The average molecular weight is 234 g/mol. The number of carbonyl (C=O) groups is 1. The van der Waals surface area contributed by atoms with E-state index in [4.69, 9.17) is 9.47 Å². The second-order valence-corrected chi connectivity index (χ2v) is 4.77. The minimum absolute atomic E-state index is 0.271. The van der Waals surface area contributed by atoms with Crippen LogP contribution < -0.4 is 0 Å². The maximum atomic E-state index is 11.1. The second kappa shape index (κ2) is 4.49. The maximum absolute atomic E-state index is 11.1. The molecule has 3 nitrogen and oxygen atoms in total. The highest BCUT2D eigenvalue weighted by Gasteiger charge is 2.30. The monoisotopic (exact) mass is 234 g/mol. The van der Waals surface area contributed by atoms with Gasteiger partial charge in [0, 0.05) is 18.4 Å². The molecule has 2 aliphatic rings. The summed E-state index contributed by atoms with van der Waals surface area (Å²) in [6, 6.07) is 0. The molecule has 2 rings (SSSR count). The molecule has 0 bridgehead atoms. The molecule has 0 radical (unpaired) electrons. The molecule has 0 aromatic carbocycles. The first-order valence-corrected chi connectivity index (χ1v) is 5.86. The van der Waals surface area contributed by atoms with Crippen LogP contribution in [0.15, 0.2) is 34.1 Å². The summed E-state index contributed by atoms with van der Waals surface area (Å²) in [5.41, 5.74) is 4.73. The van der Waals surface area contributed by atoms with Gasteiger partial charge in [0.25, 0.3) is 0 Å². The first kappa shape index (κ1) is 12.1. The molecule has 0 spiro atoms. The minimum Gasteiger partial charge on any atom is -0.426 e. The smallest absolute Gasteiger partial charge is 0.308 e. The molecule has 3 heteroatoms. The molecular weight excluding hydrogens is 216 g/mol. The molecule has 1 aliphatic carbocycles. The van der Waals surface area contributed by atoms with Gasteiger partial charge in [-0.15, -0.1) is 0 Å². The number of allylic oxidation sites excluding steroid dienone is 2. The van der Waals surface area contributed by atoms with Crippen LogP contribution in [0.25, 0.3) is 0 Å². The molecule has 1 atom stereocenters. The molecule has 0 saturated carbocycles. The Morgan fingerprint density at radius 2 is 2.12 bits per heavy atom. The highest BCUT2D eigenvalue weighted by atomic mass is 16.5. The largest absolute Gasteiger partial charge is 0.426 e. The van der Waals surface area contributed by atoms with E-state index >= 15 is 0 Å². The SMILES string of the molecule is CC(=O)OC1=CC2COCC2=C(C)C1=C(C)C. The summed E-state index contributed by atoms with van der Waals surface area (Å²) in [4.78, 5) is 11.1. The fourth-order valence-corrected chi connectivity index (χ4v) is 2.51.